The van der Waals surface area contributed by atoms with E-state index in [2.05, 4.69) is 13.8 Å². The van der Waals surface area contributed by atoms with Crippen molar-refractivity contribution in [2.45, 2.75) is 39.3 Å². The molecule has 1 atom stereocenters. The molecule has 1 aromatic rings. The second-order valence-corrected chi connectivity index (χ2v) is 6.92. The van der Waals surface area contributed by atoms with Gasteiger partial charge in [-0.3, -0.25) is 4.79 Å². The molecule has 4 nitrogen and oxygen atoms in total. The molecule has 1 amide bonds. The number of nitrogens with zero attached hydrogens (tertiary/aromatic N) is 1. The summed E-state index contributed by atoms with van der Waals surface area (Å²) in [5.41, 5.74) is 7.21. The molecule has 120 valence electrons. The number of nitrogens with two attached hydrogens (primary N) is 1. The number of carbonyl (C=O) groups excluding carboxylic acids is 1. The lowest BCUT2D eigenvalue weighted by molar-refractivity contribution is 0.0793. The van der Waals surface area contributed by atoms with Crippen LogP contribution in [0.25, 0.3) is 0 Å². The molecular weight excluding hydrogens is 308 g/mol. The zero-order valence-corrected chi connectivity index (χ0v) is 14.6. The highest BCUT2D eigenvalue weighted by molar-refractivity contribution is 7.14. The maximum absolute atomic E-state index is 12.4. The Kier molecular flexibility index (Phi) is 7.13. The number of thiophene rings is 1. The van der Waals surface area contributed by atoms with Crippen molar-refractivity contribution < 1.29 is 9.53 Å². The van der Waals surface area contributed by atoms with Crippen LogP contribution in [-0.2, 0) is 17.8 Å². The minimum absolute atomic E-state index is 0. The van der Waals surface area contributed by atoms with E-state index in [1.54, 1.807) is 16.2 Å². The van der Waals surface area contributed by atoms with E-state index in [9.17, 15) is 4.79 Å². The summed E-state index contributed by atoms with van der Waals surface area (Å²) in [7, 11) is 1.85. The summed E-state index contributed by atoms with van der Waals surface area (Å²) in [6.07, 6.45) is 1.77. The Bertz CT molecular complexity index is 453. The molecule has 0 radical (unpaired) electrons. The second kappa shape index (κ2) is 8.13. The van der Waals surface area contributed by atoms with Gasteiger partial charge in [0.25, 0.3) is 5.91 Å². The molecule has 0 aromatic carbocycles. The Hall–Kier alpha value is -0.620. The first-order valence-electron chi connectivity index (χ1n) is 7.19. The Morgan fingerprint density at radius 3 is 2.86 bits per heavy atom. The summed E-state index contributed by atoms with van der Waals surface area (Å²) < 4.78 is 5.42. The zero-order chi connectivity index (χ0) is 14.7. The quantitative estimate of drug-likeness (QED) is 0.902. The van der Waals surface area contributed by atoms with Crippen molar-refractivity contribution in [1.29, 1.82) is 0 Å². The van der Waals surface area contributed by atoms with Crippen molar-refractivity contribution in [3.8, 4) is 0 Å². The van der Waals surface area contributed by atoms with E-state index in [1.165, 1.54) is 10.4 Å². The van der Waals surface area contributed by atoms with Crippen LogP contribution in [0.3, 0.4) is 0 Å². The first-order valence-corrected chi connectivity index (χ1v) is 8.01. The fraction of sp³-hybridized carbons (Fsp3) is 0.667. The van der Waals surface area contributed by atoms with Crippen molar-refractivity contribution in [2.75, 3.05) is 20.2 Å². The smallest absolute Gasteiger partial charge is 0.263 e. The number of fused-ring (bicyclic) bond motifs is 1. The van der Waals surface area contributed by atoms with Gasteiger partial charge >= 0.3 is 0 Å². The number of halogens is 1. The molecule has 1 unspecified atom stereocenters. The van der Waals surface area contributed by atoms with Gasteiger partial charge in [-0.1, -0.05) is 13.8 Å². The lowest BCUT2D eigenvalue weighted by Gasteiger charge is -2.21. The largest absolute Gasteiger partial charge is 0.376 e. The van der Waals surface area contributed by atoms with Gasteiger partial charge in [-0.2, -0.15) is 0 Å². The number of amides is 1. The zero-order valence-electron chi connectivity index (χ0n) is 12.9. The van der Waals surface area contributed by atoms with Crippen molar-refractivity contribution in [2.24, 2.45) is 11.7 Å². The minimum Gasteiger partial charge on any atom is -0.376 e. The molecule has 2 heterocycles. The third kappa shape index (κ3) is 4.68. The standard InChI is InChI=1S/C15H24N2O2S.ClH/c1-10(2)12(16)4-6-17(3)15(18)14-8-11-9-19-7-5-13(11)20-14;/h8,10,12H,4-7,9,16H2,1-3H3;1H. The van der Waals surface area contributed by atoms with Crippen LogP contribution in [0.5, 0.6) is 0 Å². The van der Waals surface area contributed by atoms with Gasteiger partial charge in [0.15, 0.2) is 0 Å². The van der Waals surface area contributed by atoms with Gasteiger partial charge in [0.2, 0.25) is 0 Å². The molecule has 21 heavy (non-hydrogen) atoms. The number of carbonyl (C=O) groups is 1. The predicted octanol–water partition coefficient (Wildman–Crippen LogP) is 2.69. The predicted molar refractivity (Wildman–Crippen MR) is 89.3 cm³/mol. The van der Waals surface area contributed by atoms with Gasteiger partial charge in [0.05, 0.1) is 18.1 Å². The third-order valence-electron chi connectivity index (χ3n) is 3.84. The minimum atomic E-state index is 0. The van der Waals surface area contributed by atoms with Gasteiger partial charge in [0.1, 0.15) is 0 Å². The van der Waals surface area contributed by atoms with Crippen molar-refractivity contribution >= 4 is 29.7 Å². The van der Waals surface area contributed by atoms with Crippen LogP contribution >= 0.6 is 23.7 Å². The Labute approximate surface area is 137 Å². The molecular formula is C15H25ClN2O2S. The van der Waals surface area contributed by atoms with Gasteiger partial charge in [-0.05, 0) is 24.0 Å². The van der Waals surface area contributed by atoms with Gasteiger partial charge < -0.3 is 15.4 Å². The average Bonchev–Trinajstić information content (AvgIpc) is 2.87. The fourth-order valence-electron chi connectivity index (χ4n) is 2.22. The molecule has 1 aliphatic rings. The number of rotatable bonds is 5. The van der Waals surface area contributed by atoms with Gasteiger partial charge in [0, 0.05) is 30.9 Å². The lowest BCUT2D eigenvalue weighted by atomic mass is 10.0. The monoisotopic (exact) mass is 332 g/mol. The molecule has 0 fully saturated rings. The molecule has 2 N–H and O–H groups in total. The van der Waals surface area contributed by atoms with Crippen molar-refractivity contribution in [3.05, 3.63) is 21.4 Å². The first-order chi connectivity index (χ1) is 9.49. The highest BCUT2D eigenvalue weighted by atomic mass is 35.5. The Morgan fingerprint density at radius 1 is 1.52 bits per heavy atom. The van der Waals surface area contributed by atoms with Crippen LogP contribution in [0.15, 0.2) is 6.07 Å². The number of hydrogen-bond donors (Lipinski definition) is 1. The third-order valence-corrected chi connectivity index (χ3v) is 5.06. The molecule has 2 rings (SSSR count). The van der Waals surface area contributed by atoms with Crippen LogP contribution in [0.4, 0.5) is 0 Å². The normalized spacial score (nSPS) is 15.3. The van der Waals surface area contributed by atoms with Gasteiger partial charge in [-0.15, -0.1) is 23.7 Å². The van der Waals surface area contributed by atoms with Crippen LogP contribution in [0, 0.1) is 5.92 Å². The Morgan fingerprint density at radius 2 is 2.24 bits per heavy atom. The highest BCUT2D eigenvalue weighted by Gasteiger charge is 2.20. The molecule has 0 bridgehead atoms. The molecule has 0 aliphatic carbocycles. The lowest BCUT2D eigenvalue weighted by Crippen LogP contribution is -2.34. The van der Waals surface area contributed by atoms with E-state index in [1.807, 2.05) is 13.1 Å². The van der Waals surface area contributed by atoms with E-state index in [0.717, 1.165) is 24.3 Å². The first kappa shape index (κ1) is 18.4. The highest BCUT2D eigenvalue weighted by Crippen LogP contribution is 2.27. The van der Waals surface area contributed by atoms with Gasteiger partial charge in [-0.25, -0.2) is 0 Å². The summed E-state index contributed by atoms with van der Waals surface area (Å²) in [5, 5.41) is 0. The van der Waals surface area contributed by atoms with E-state index >= 15 is 0 Å². The molecule has 0 saturated heterocycles. The topological polar surface area (TPSA) is 55.6 Å². The second-order valence-electron chi connectivity index (χ2n) is 5.78. The summed E-state index contributed by atoms with van der Waals surface area (Å²) in [5.74, 6) is 0.546. The molecule has 0 saturated carbocycles. The van der Waals surface area contributed by atoms with E-state index < -0.39 is 0 Å². The summed E-state index contributed by atoms with van der Waals surface area (Å²) in [4.78, 5) is 16.3. The summed E-state index contributed by atoms with van der Waals surface area (Å²) in [6.45, 7) is 6.33. The van der Waals surface area contributed by atoms with Crippen LogP contribution in [0.1, 0.15) is 40.4 Å². The molecule has 0 spiro atoms. The van der Waals surface area contributed by atoms with Crippen LogP contribution in [-0.4, -0.2) is 37.0 Å². The molecule has 1 aromatic heterocycles. The fourth-order valence-corrected chi connectivity index (χ4v) is 3.36. The van der Waals surface area contributed by atoms with E-state index in [0.29, 0.717) is 19.1 Å². The summed E-state index contributed by atoms with van der Waals surface area (Å²) in [6, 6.07) is 2.13. The maximum Gasteiger partial charge on any atom is 0.263 e. The SMILES string of the molecule is CC(C)C(N)CCN(C)C(=O)c1cc2c(s1)CCOC2.Cl. The van der Waals surface area contributed by atoms with Crippen molar-refractivity contribution in [1.82, 2.24) is 4.90 Å². The van der Waals surface area contributed by atoms with Crippen LogP contribution < -0.4 is 5.73 Å². The number of hydrogen-bond acceptors (Lipinski definition) is 4. The average molecular weight is 333 g/mol. The van der Waals surface area contributed by atoms with Crippen molar-refractivity contribution in [3.63, 3.8) is 0 Å². The van der Waals surface area contributed by atoms with E-state index in [-0.39, 0.29) is 24.4 Å². The van der Waals surface area contributed by atoms with Crippen LogP contribution in [0.2, 0.25) is 0 Å². The Balaban J connectivity index is 0.00000220. The molecule has 6 heteroatoms. The number of ether oxygens (including phenoxy) is 1. The van der Waals surface area contributed by atoms with E-state index in [4.69, 9.17) is 10.5 Å². The maximum atomic E-state index is 12.4. The molecule has 1 aliphatic heterocycles. The summed E-state index contributed by atoms with van der Waals surface area (Å²) >= 11 is 1.61.